The Morgan fingerprint density at radius 1 is 1.15 bits per heavy atom. The number of aromatic nitrogens is 2. The monoisotopic (exact) mass is 465 g/mol. The number of nitrogens with zero attached hydrogens (tertiary/aromatic N) is 2. The number of ether oxygens (including phenoxy) is 4. The average Bonchev–Trinajstić information content (AvgIpc) is 3.20. The lowest BCUT2D eigenvalue weighted by atomic mass is 10.1. The zero-order chi connectivity index (χ0) is 24.7. The Balaban J connectivity index is 1.85. The predicted molar refractivity (Wildman–Crippen MR) is 127 cm³/mol. The topological polar surface area (TPSA) is 100 Å². The van der Waals surface area contributed by atoms with Crippen molar-refractivity contribution in [3.63, 3.8) is 0 Å². The van der Waals surface area contributed by atoms with Gasteiger partial charge in [-0.15, -0.1) is 0 Å². The molecule has 9 heteroatoms. The van der Waals surface area contributed by atoms with Crippen molar-refractivity contribution in [2.75, 3.05) is 32.8 Å². The van der Waals surface area contributed by atoms with Crippen LogP contribution in [0.4, 0.5) is 10.5 Å². The minimum atomic E-state index is -0.675. The number of rotatable bonds is 7. The van der Waals surface area contributed by atoms with Crippen molar-refractivity contribution in [3.8, 4) is 23.3 Å². The Labute approximate surface area is 198 Å². The average molecular weight is 466 g/mol. The Morgan fingerprint density at radius 3 is 2.65 bits per heavy atom. The summed E-state index contributed by atoms with van der Waals surface area (Å²) in [6.07, 6.45) is 2.49. The van der Waals surface area contributed by atoms with E-state index in [1.807, 2.05) is 0 Å². The van der Waals surface area contributed by atoms with Crippen LogP contribution < -0.4 is 14.8 Å². The summed E-state index contributed by atoms with van der Waals surface area (Å²) in [6.45, 7) is 6.16. The summed E-state index contributed by atoms with van der Waals surface area (Å²) < 4.78 is 22.8. The van der Waals surface area contributed by atoms with Crippen molar-refractivity contribution in [1.82, 2.24) is 9.38 Å². The van der Waals surface area contributed by atoms with Gasteiger partial charge in [-0.05, 0) is 44.9 Å². The fourth-order valence-electron chi connectivity index (χ4n) is 2.99. The molecule has 0 bridgehead atoms. The SMILES string of the molecule is COCCOc1ccn2c(C(=O)C#Cc3cccc(OC)c3NC(=O)OC(C)(C)C)cnc2c1. The molecule has 0 unspecified atom stereocenters. The molecule has 0 aliphatic carbocycles. The second-order valence-electron chi connectivity index (χ2n) is 8.16. The standard InChI is InChI=1S/C25H27N3O6/c1-25(2,3)34-24(30)27-23-17(7-6-8-21(23)32-5)9-10-20(29)19-16-26-22-15-18(11-12-28(19)22)33-14-13-31-4/h6-8,11-12,15-16H,13-14H2,1-5H3,(H,27,30). The van der Waals surface area contributed by atoms with Crippen LogP contribution in [0.5, 0.6) is 11.5 Å². The molecule has 0 atom stereocenters. The molecule has 0 saturated carbocycles. The van der Waals surface area contributed by atoms with Gasteiger partial charge in [0.05, 0.1) is 25.5 Å². The van der Waals surface area contributed by atoms with E-state index in [1.54, 1.807) is 68.8 Å². The second kappa shape index (κ2) is 10.7. The number of carbonyl (C=O) groups excluding carboxylic acids is 2. The number of imidazole rings is 1. The van der Waals surface area contributed by atoms with Crippen molar-refractivity contribution in [1.29, 1.82) is 0 Å². The van der Waals surface area contributed by atoms with Gasteiger partial charge in [-0.2, -0.15) is 0 Å². The molecule has 2 heterocycles. The third kappa shape index (κ3) is 6.27. The number of anilines is 1. The zero-order valence-corrected chi connectivity index (χ0v) is 19.8. The van der Waals surface area contributed by atoms with E-state index in [0.29, 0.717) is 47.3 Å². The third-order valence-corrected chi connectivity index (χ3v) is 4.46. The molecule has 3 aromatic rings. The smallest absolute Gasteiger partial charge is 0.412 e. The lowest BCUT2D eigenvalue weighted by molar-refractivity contribution is 0.0635. The van der Waals surface area contributed by atoms with Crippen molar-refractivity contribution >= 4 is 23.2 Å². The lowest BCUT2D eigenvalue weighted by Gasteiger charge is -2.20. The maximum Gasteiger partial charge on any atom is 0.412 e. The molecule has 0 aliphatic rings. The number of methoxy groups -OCH3 is 2. The van der Waals surface area contributed by atoms with E-state index in [-0.39, 0.29) is 0 Å². The van der Waals surface area contributed by atoms with Crippen molar-refractivity contribution < 1.29 is 28.5 Å². The number of carbonyl (C=O) groups is 2. The molecule has 1 amide bonds. The molecule has 0 spiro atoms. The van der Waals surface area contributed by atoms with Crippen LogP contribution in [0.15, 0.2) is 42.7 Å². The summed E-state index contributed by atoms with van der Waals surface area (Å²) in [7, 11) is 3.08. The van der Waals surface area contributed by atoms with Gasteiger partial charge in [0, 0.05) is 19.4 Å². The Morgan fingerprint density at radius 2 is 1.94 bits per heavy atom. The number of hydrogen-bond donors (Lipinski definition) is 1. The number of benzene rings is 1. The number of amides is 1. The highest BCUT2D eigenvalue weighted by Crippen LogP contribution is 2.28. The van der Waals surface area contributed by atoms with Gasteiger partial charge in [-0.3, -0.25) is 14.5 Å². The number of fused-ring (bicyclic) bond motifs is 1. The van der Waals surface area contributed by atoms with E-state index >= 15 is 0 Å². The van der Waals surface area contributed by atoms with Crippen molar-refractivity contribution in [3.05, 3.63) is 54.0 Å². The Bertz CT molecular complexity index is 1250. The largest absolute Gasteiger partial charge is 0.495 e. The van der Waals surface area contributed by atoms with Crippen LogP contribution in [0.3, 0.4) is 0 Å². The van der Waals surface area contributed by atoms with E-state index < -0.39 is 17.5 Å². The highest BCUT2D eigenvalue weighted by Gasteiger charge is 2.19. The van der Waals surface area contributed by atoms with Gasteiger partial charge in [0.1, 0.15) is 40.7 Å². The summed E-state index contributed by atoms with van der Waals surface area (Å²) in [5, 5.41) is 2.66. The van der Waals surface area contributed by atoms with E-state index in [0.717, 1.165) is 0 Å². The van der Waals surface area contributed by atoms with E-state index in [2.05, 4.69) is 22.1 Å². The molecule has 1 N–H and O–H groups in total. The normalized spacial score (nSPS) is 10.9. The molecule has 2 aromatic heterocycles. The Hall–Kier alpha value is -4.03. The Kier molecular flexibility index (Phi) is 7.76. The quantitative estimate of drug-likeness (QED) is 0.320. The van der Waals surface area contributed by atoms with Crippen molar-refractivity contribution in [2.45, 2.75) is 26.4 Å². The van der Waals surface area contributed by atoms with Gasteiger partial charge < -0.3 is 18.9 Å². The molecule has 0 saturated heterocycles. The lowest BCUT2D eigenvalue weighted by Crippen LogP contribution is -2.27. The highest BCUT2D eigenvalue weighted by atomic mass is 16.6. The van der Waals surface area contributed by atoms with Crippen LogP contribution in [0.25, 0.3) is 5.65 Å². The number of hydrogen-bond acceptors (Lipinski definition) is 7. The van der Waals surface area contributed by atoms with Gasteiger partial charge in [0.15, 0.2) is 0 Å². The maximum absolute atomic E-state index is 12.8. The summed E-state index contributed by atoms with van der Waals surface area (Å²) in [6, 6.07) is 8.53. The van der Waals surface area contributed by atoms with Crippen LogP contribution in [-0.2, 0) is 9.47 Å². The molecule has 1 aromatic carbocycles. The maximum atomic E-state index is 12.8. The van der Waals surface area contributed by atoms with Gasteiger partial charge in [-0.1, -0.05) is 12.0 Å². The third-order valence-electron chi connectivity index (χ3n) is 4.46. The summed E-state index contributed by atoms with van der Waals surface area (Å²) in [4.78, 5) is 29.4. The molecule has 0 aliphatic heterocycles. The predicted octanol–water partition coefficient (Wildman–Crippen LogP) is 3.95. The molecule has 3 rings (SSSR count). The summed E-state index contributed by atoms with van der Waals surface area (Å²) >= 11 is 0. The van der Waals surface area contributed by atoms with Gasteiger partial charge in [0.25, 0.3) is 5.78 Å². The first kappa shape index (κ1) is 24.6. The number of nitrogens with one attached hydrogen (secondary N) is 1. The van der Waals surface area contributed by atoms with E-state index in [1.165, 1.54) is 13.3 Å². The zero-order valence-electron chi connectivity index (χ0n) is 19.8. The van der Waals surface area contributed by atoms with Gasteiger partial charge in [-0.25, -0.2) is 9.78 Å². The first-order valence-electron chi connectivity index (χ1n) is 10.5. The van der Waals surface area contributed by atoms with E-state index in [4.69, 9.17) is 18.9 Å². The first-order chi connectivity index (χ1) is 16.2. The fraction of sp³-hybridized carbons (Fsp3) is 0.320. The van der Waals surface area contributed by atoms with Crippen LogP contribution >= 0.6 is 0 Å². The minimum Gasteiger partial charge on any atom is -0.495 e. The number of Topliss-reactive ketones (excluding diaryl/α,β-unsaturated/α-hetero) is 1. The molecular formula is C25H27N3O6. The number of pyridine rings is 1. The van der Waals surface area contributed by atoms with Crippen LogP contribution in [-0.4, -0.2) is 54.3 Å². The molecule has 0 fully saturated rings. The fourth-order valence-corrected chi connectivity index (χ4v) is 2.99. The minimum absolute atomic E-state index is 0.301. The summed E-state index contributed by atoms with van der Waals surface area (Å²) in [5.74, 6) is 6.01. The molecular weight excluding hydrogens is 438 g/mol. The molecule has 0 radical (unpaired) electrons. The van der Waals surface area contributed by atoms with Crippen LogP contribution in [0.1, 0.15) is 36.8 Å². The second-order valence-corrected chi connectivity index (χ2v) is 8.16. The van der Waals surface area contributed by atoms with E-state index in [9.17, 15) is 9.59 Å². The summed E-state index contributed by atoms with van der Waals surface area (Å²) in [5.41, 5.74) is 0.895. The highest BCUT2D eigenvalue weighted by molar-refractivity contribution is 6.08. The first-order valence-corrected chi connectivity index (χ1v) is 10.5. The number of para-hydroxylation sites is 1. The molecule has 34 heavy (non-hydrogen) atoms. The van der Waals surface area contributed by atoms with Crippen LogP contribution in [0.2, 0.25) is 0 Å². The van der Waals surface area contributed by atoms with Gasteiger partial charge in [0.2, 0.25) is 0 Å². The van der Waals surface area contributed by atoms with Crippen LogP contribution in [0, 0.1) is 11.8 Å². The van der Waals surface area contributed by atoms with Crippen molar-refractivity contribution in [2.24, 2.45) is 0 Å². The molecule has 9 nitrogen and oxygen atoms in total. The van der Waals surface area contributed by atoms with Gasteiger partial charge >= 0.3 is 6.09 Å². The number of ketones is 1. The molecule has 178 valence electrons.